The summed E-state index contributed by atoms with van der Waals surface area (Å²) < 4.78 is 0. The van der Waals surface area contributed by atoms with Gasteiger partial charge in [-0.15, -0.1) is 0 Å². The first kappa shape index (κ1) is 16.5. The van der Waals surface area contributed by atoms with E-state index in [2.05, 4.69) is 20.6 Å². The van der Waals surface area contributed by atoms with Crippen LogP contribution in [0.3, 0.4) is 0 Å². The van der Waals surface area contributed by atoms with Crippen molar-refractivity contribution in [2.24, 2.45) is 0 Å². The molecule has 0 aliphatic carbocycles. The van der Waals surface area contributed by atoms with E-state index in [1.807, 2.05) is 20.8 Å². The lowest BCUT2D eigenvalue weighted by atomic mass is 10.1. The topological polar surface area (TPSA) is 66.9 Å². The van der Waals surface area contributed by atoms with Gasteiger partial charge in [0.15, 0.2) is 0 Å². The van der Waals surface area contributed by atoms with E-state index in [0.717, 1.165) is 0 Å². The van der Waals surface area contributed by atoms with Crippen molar-refractivity contribution in [2.75, 3.05) is 10.6 Å². The first-order valence-electron chi connectivity index (χ1n) is 6.62. The van der Waals surface area contributed by atoms with Crippen molar-refractivity contribution >= 4 is 40.7 Å². The molecule has 1 heterocycles. The van der Waals surface area contributed by atoms with Crippen LogP contribution >= 0.6 is 23.2 Å². The van der Waals surface area contributed by atoms with E-state index in [0.29, 0.717) is 27.2 Å². The summed E-state index contributed by atoms with van der Waals surface area (Å²) in [6.45, 7) is 5.99. The molecule has 2 N–H and O–H groups in total. The quantitative estimate of drug-likeness (QED) is 0.877. The highest BCUT2D eigenvalue weighted by molar-refractivity contribution is 6.40. The van der Waals surface area contributed by atoms with E-state index in [-0.39, 0.29) is 11.4 Å². The number of nitrogens with zero attached hydrogens (tertiary/aromatic N) is 2. The monoisotopic (exact) mass is 338 g/mol. The van der Waals surface area contributed by atoms with Crippen LogP contribution in [0.2, 0.25) is 10.0 Å². The molecule has 2 rings (SSSR count). The summed E-state index contributed by atoms with van der Waals surface area (Å²) in [4.78, 5) is 20.4. The van der Waals surface area contributed by atoms with Gasteiger partial charge in [-0.1, -0.05) is 29.3 Å². The Hall–Kier alpha value is -1.85. The fraction of sp³-hybridized carbons (Fsp3) is 0.267. The molecule has 0 spiro atoms. The van der Waals surface area contributed by atoms with E-state index in [4.69, 9.17) is 23.2 Å². The first-order chi connectivity index (χ1) is 10.3. The molecule has 1 aromatic heterocycles. The number of anilines is 2. The van der Waals surface area contributed by atoms with Crippen molar-refractivity contribution < 1.29 is 4.79 Å². The number of amides is 1. The molecule has 22 heavy (non-hydrogen) atoms. The van der Waals surface area contributed by atoms with Crippen molar-refractivity contribution in [3.63, 3.8) is 0 Å². The highest BCUT2D eigenvalue weighted by Crippen LogP contribution is 2.30. The van der Waals surface area contributed by atoms with Crippen molar-refractivity contribution in [3.8, 4) is 0 Å². The Morgan fingerprint density at radius 1 is 1.09 bits per heavy atom. The molecule has 0 saturated carbocycles. The summed E-state index contributed by atoms with van der Waals surface area (Å²) in [5, 5.41) is 6.51. The number of aromatic nitrogens is 2. The number of rotatable bonds is 3. The van der Waals surface area contributed by atoms with E-state index in [9.17, 15) is 4.79 Å². The maximum Gasteiger partial charge on any atom is 0.258 e. The molecule has 5 nitrogen and oxygen atoms in total. The van der Waals surface area contributed by atoms with Crippen molar-refractivity contribution in [1.29, 1.82) is 0 Å². The summed E-state index contributed by atoms with van der Waals surface area (Å²) in [5.41, 5.74) is 0.526. The summed E-state index contributed by atoms with van der Waals surface area (Å²) >= 11 is 12.0. The lowest BCUT2D eigenvalue weighted by Gasteiger charge is -2.20. The zero-order chi connectivity index (χ0) is 16.3. The van der Waals surface area contributed by atoms with E-state index in [1.165, 1.54) is 12.4 Å². The molecular weight excluding hydrogens is 323 g/mol. The number of carbonyl (C=O) groups is 1. The van der Waals surface area contributed by atoms with Crippen molar-refractivity contribution in [1.82, 2.24) is 9.97 Å². The number of carbonyl (C=O) groups excluding carboxylic acids is 1. The highest BCUT2D eigenvalue weighted by Gasteiger charge is 2.14. The van der Waals surface area contributed by atoms with E-state index in [1.54, 1.807) is 18.2 Å². The Morgan fingerprint density at radius 2 is 1.64 bits per heavy atom. The van der Waals surface area contributed by atoms with E-state index < -0.39 is 0 Å². The van der Waals surface area contributed by atoms with Crippen LogP contribution < -0.4 is 10.6 Å². The number of benzene rings is 1. The second-order valence-corrected chi connectivity index (χ2v) is 6.54. The number of hydrogen-bond acceptors (Lipinski definition) is 4. The van der Waals surface area contributed by atoms with Gasteiger partial charge in [0.05, 0.1) is 21.3 Å². The summed E-state index contributed by atoms with van der Waals surface area (Å²) in [7, 11) is 0. The molecule has 0 aliphatic rings. The SMILES string of the molecule is CC(C)(C)Nc1ncc(C(=O)Nc2c(Cl)cccc2Cl)cn1. The van der Waals surface area contributed by atoms with Gasteiger partial charge in [0.2, 0.25) is 5.95 Å². The normalized spacial score (nSPS) is 11.1. The molecule has 0 bridgehead atoms. The van der Waals surface area contributed by atoms with Gasteiger partial charge < -0.3 is 10.6 Å². The number of para-hydroxylation sites is 1. The molecular formula is C15H16Cl2N4O. The summed E-state index contributed by atoms with van der Waals surface area (Å²) in [5.74, 6) is 0.0807. The third-order valence-electron chi connectivity index (χ3n) is 2.60. The average Bonchev–Trinajstić information content (AvgIpc) is 2.42. The van der Waals surface area contributed by atoms with Gasteiger partial charge in [-0.3, -0.25) is 4.79 Å². The highest BCUT2D eigenvalue weighted by atomic mass is 35.5. The maximum absolute atomic E-state index is 12.2. The second kappa shape index (κ2) is 6.50. The molecule has 1 amide bonds. The maximum atomic E-state index is 12.2. The van der Waals surface area contributed by atoms with Crippen LogP contribution in [-0.2, 0) is 0 Å². The smallest absolute Gasteiger partial charge is 0.258 e. The zero-order valence-electron chi connectivity index (χ0n) is 12.4. The minimum absolute atomic E-state index is 0.158. The molecule has 0 radical (unpaired) electrons. The summed E-state index contributed by atoms with van der Waals surface area (Å²) in [6, 6.07) is 5.00. The second-order valence-electron chi connectivity index (χ2n) is 5.72. The van der Waals surface area contributed by atoms with Crippen LogP contribution in [0, 0.1) is 0 Å². The lowest BCUT2D eigenvalue weighted by Crippen LogP contribution is -2.27. The van der Waals surface area contributed by atoms with Crippen LogP contribution in [0.25, 0.3) is 0 Å². The predicted molar refractivity (Wildman–Crippen MR) is 89.8 cm³/mol. The molecule has 7 heteroatoms. The van der Waals surface area contributed by atoms with Gasteiger partial charge >= 0.3 is 0 Å². The molecule has 1 aromatic carbocycles. The molecule has 0 aliphatic heterocycles. The molecule has 116 valence electrons. The van der Waals surface area contributed by atoms with Crippen molar-refractivity contribution in [2.45, 2.75) is 26.3 Å². The van der Waals surface area contributed by atoms with Crippen LogP contribution in [0.5, 0.6) is 0 Å². The van der Waals surface area contributed by atoms with Gasteiger partial charge in [-0.05, 0) is 32.9 Å². The Morgan fingerprint density at radius 3 is 2.14 bits per heavy atom. The predicted octanol–water partition coefficient (Wildman–Crippen LogP) is 4.25. The van der Waals surface area contributed by atoms with Crippen LogP contribution in [0.15, 0.2) is 30.6 Å². The molecule has 0 atom stereocenters. The molecule has 0 fully saturated rings. The minimum atomic E-state index is -0.377. The molecule has 0 saturated heterocycles. The molecule has 0 unspecified atom stereocenters. The van der Waals surface area contributed by atoms with Gasteiger partial charge in [0.25, 0.3) is 5.91 Å². The lowest BCUT2D eigenvalue weighted by molar-refractivity contribution is 0.102. The Labute approximate surface area is 139 Å². The Kier molecular flexibility index (Phi) is 4.88. The zero-order valence-corrected chi connectivity index (χ0v) is 14.0. The van der Waals surface area contributed by atoms with Crippen LogP contribution in [0.4, 0.5) is 11.6 Å². The fourth-order valence-electron chi connectivity index (χ4n) is 1.65. The Bertz CT molecular complexity index is 661. The van der Waals surface area contributed by atoms with Gasteiger partial charge in [0.1, 0.15) is 0 Å². The molecule has 2 aromatic rings. The minimum Gasteiger partial charge on any atom is -0.350 e. The summed E-state index contributed by atoms with van der Waals surface area (Å²) in [6.07, 6.45) is 2.89. The number of hydrogen-bond donors (Lipinski definition) is 2. The average molecular weight is 339 g/mol. The van der Waals surface area contributed by atoms with E-state index >= 15 is 0 Å². The third kappa shape index (κ3) is 4.32. The van der Waals surface area contributed by atoms with Crippen molar-refractivity contribution in [3.05, 3.63) is 46.2 Å². The fourth-order valence-corrected chi connectivity index (χ4v) is 2.14. The van der Waals surface area contributed by atoms with Gasteiger partial charge in [-0.25, -0.2) is 9.97 Å². The van der Waals surface area contributed by atoms with Gasteiger partial charge in [-0.2, -0.15) is 0 Å². The first-order valence-corrected chi connectivity index (χ1v) is 7.37. The van der Waals surface area contributed by atoms with Gasteiger partial charge in [0, 0.05) is 17.9 Å². The Balaban J connectivity index is 2.13. The van der Waals surface area contributed by atoms with Crippen LogP contribution in [-0.4, -0.2) is 21.4 Å². The van der Waals surface area contributed by atoms with Crippen LogP contribution in [0.1, 0.15) is 31.1 Å². The number of halogens is 2. The number of nitrogens with one attached hydrogen (secondary N) is 2. The standard InChI is InChI=1S/C15H16Cl2N4O/c1-15(2,3)21-14-18-7-9(8-19-14)13(22)20-12-10(16)5-4-6-11(12)17/h4-8H,1-3H3,(H,20,22)(H,18,19,21). The third-order valence-corrected chi connectivity index (χ3v) is 3.23. The largest absolute Gasteiger partial charge is 0.350 e.